The van der Waals surface area contributed by atoms with Gasteiger partial charge in [0.15, 0.2) is 0 Å². The van der Waals surface area contributed by atoms with E-state index in [1.165, 1.54) is 0 Å². The molecule has 0 aromatic carbocycles. The SMILES string of the molecule is CCN(CC)CCCNc1nnc(C)s1. The summed E-state index contributed by atoms with van der Waals surface area (Å²) in [6.45, 7) is 10.8. The largest absolute Gasteiger partial charge is 0.360 e. The van der Waals surface area contributed by atoms with Crippen LogP contribution in [-0.4, -0.2) is 41.3 Å². The van der Waals surface area contributed by atoms with Crippen molar-refractivity contribution in [3.05, 3.63) is 5.01 Å². The predicted octanol–water partition coefficient (Wildman–Crippen LogP) is 1.99. The lowest BCUT2D eigenvalue weighted by molar-refractivity contribution is 0.303. The van der Waals surface area contributed by atoms with Crippen molar-refractivity contribution >= 4 is 16.5 Å². The molecule has 1 aromatic rings. The molecule has 1 N–H and O–H groups in total. The van der Waals surface area contributed by atoms with Crippen LogP contribution in [0.3, 0.4) is 0 Å². The van der Waals surface area contributed by atoms with Gasteiger partial charge in [-0.15, -0.1) is 10.2 Å². The molecule has 0 aliphatic carbocycles. The molecule has 1 aromatic heterocycles. The van der Waals surface area contributed by atoms with Gasteiger partial charge in [-0.1, -0.05) is 25.2 Å². The van der Waals surface area contributed by atoms with E-state index in [1.807, 2.05) is 6.92 Å². The number of nitrogens with one attached hydrogen (secondary N) is 1. The molecule has 15 heavy (non-hydrogen) atoms. The molecule has 0 radical (unpaired) electrons. The molecule has 0 fully saturated rings. The molecule has 4 nitrogen and oxygen atoms in total. The first-order chi connectivity index (χ1) is 7.26. The number of nitrogens with zero attached hydrogens (tertiary/aromatic N) is 3. The Bertz CT molecular complexity index is 270. The maximum Gasteiger partial charge on any atom is 0.205 e. The maximum atomic E-state index is 4.02. The summed E-state index contributed by atoms with van der Waals surface area (Å²) in [6, 6.07) is 0. The molecule has 1 heterocycles. The molecular formula is C10H20N4S. The van der Waals surface area contributed by atoms with Gasteiger partial charge < -0.3 is 10.2 Å². The van der Waals surface area contributed by atoms with Gasteiger partial charge in [-0.05, 0) is 33.0 Å². The van der Waals surface area contributed by atoms with Crippen LogP contribution in [0.25, 0.3) is 0 Å². The van der Waals surface area contributed by atoms with Crippen molar-refractivity contribution in [2.45, 2.75) is 27.2 Å². The van der Waals surface area contributed by atoms with Crippen molar-refractivity contribution in [1.29, 1.82) is 0 Å². The molecule has 0 spiro atoms. The van der Waals surface area contributed by atoms with Crippen LogP contribution in [0.2, 0.25) is 0 Å². The molecule has 0 saturated carbocycles. The van der Waals surface area contributed by atoms with Crippen LogP contribution in [0.4, 0.5) is 5.13 Å². The Hall–Kier alpha value is -0.680. The molecule has 86 valence electrons. The summed E-state index contributed by atoms with van der Waals surface area (Å²) in [7, 11) is 0. The Morgan fingerprint density at radius 1 is 1.27 bits per heavy atom. The van der Waals surface area contributed by atoms with Gasteiger partial charge in [-0.25, -0.2) is 0 Å². The minimum atomic E-state index is 0.937. The summed E-state index contributed by atoms with van der Waals surface area (Å²) in [4.78, 5) is 2.42. The third kappa shape index (κ3) is 4.57. The first-order valence-electron chi connectivity index (χ1n) is 5.52. The monoisotopic (exact) mass is 228 g/mol. The van der Waals surface area contributed by atoms with Gasteiger partial charge in [0.2, 0.25) is 5.13 Å². The van der Waals surface area contributed by atoms with Crippen molar-refractivity contribution in [3.8, 4) is 0 Å². The lowest BCUT2D eigenvalue weighted by atomic mass is 10.3. The van der Waals surface area contributed by atoms with Crippen LogP contribution in [0, 0.1) is 6.92 Å². The second kappa shape index (κ2) is 6.74. The Morgan fingerprint density at radius 3 is 2.53 bits per heavy atom. The van der Waals surface area contributed by atoms with Crippen molar-refractivity contribution < 1.29 is 0 Å². The van der Waals surface area contributed by atoms with E-state index in [1.54, 1.807) is 11.3 Å². The third-order valence-corrected chi connectivity index (χ3v) is 3.14. The first kappa shape index (κ1) is 12.4. The summed E-state index contributed by atoms with van der Waals surface area (Å²) < 4.78 is 0. The van der Waals surface area contributed by atoms with Crippen molar-refractivity contribution in [3.63, 3.8) is 0 Å². The van der Waals surface area contributed by atoms with Gasteiger partial charge in [0.1, 0.15) is 5.01 Å². The molecular weight excluding hydrogens is 208 g/mol. The number of rotatable bonds is 7. The fourth-order valence-corrected chi connectivity index (χ4v) is 2.02. The van der Waals surface area contributed by atoms with Crippen molar-refractivity contribution in [2.24, 2.45) is 0 Å². The minimum absolute atomic E-state index is 0.937. The number of anilines is 1. The smallest absolute Gasteiger partial charge is 0.205 e. The normalized spacial score (nSPS) is 10.9. The topological polar surface area (TPSA) is 41.0 Å². The Kier molecular flexibility index (Phi) is 5.57. The Balaban J connectivity index is 2.11. The molecule has 0 amide bonds. The maximum absolute atomic E-state index is 4.02. The van der Waals surface area contributed by atoms with Crippen LogP contribution in [0.15, 0.2) is 0 Å². The van der Waals surface area contributed by atoms with Crippen LogP contribution in [0.5, 0.6) is 0 Å². The second-order valence-corrected chi connectivity index (χ2v) is 4.62. The van der Waals surface area contributed by atoms with E-state index < -0.39 is 0 Å². The van der Waals surface area contributed by atoms with Gasteiger partial charge in [-0.2, -0.15) is 0 Å². The Labute approximate surface area is 95.7 Å². The fraction of sp³-hybridized carbons (Fsp3) is 0.800. The fourth-order valence-electron chi connectivity index (χ4n) is 1.41. The second-order valence-electron chi connectivity index (χ2n) is 3.43. The van der Waals surface area contributed by atoms with Crippen molar-refractivity contribution in [1.82, 2.24) is 15.1 Å². The number of aryl methyl sites for hydroxylation is 1. The third-order valence-electron chi connectivity index (χ3n) is 2.35. The highest BCUT2D eigenvalue weighted by molar-refractivity contribution is 7.15. The quantitative estimate of drug-likeness (QED) is 0.725. The minimum Gasteiger partial charge on any atom is -0.360 e. The van der Waals surface area contributed by atoms with E-state index in [0.29, 0.717) is 0 Å². The number of hydrogen-bond donors (Lipinski definition) is 1. The standard InChI is InChI=1S/C10H20N4S/c1-4-14(5-2)8-6-7-11-10-13-12-9(3)15-10/h4-8H2,1-3H3,(H,11,13). The van der Waals surface area contributed by atoms with Gasteiger partial charge >= 0.3 is 0 Å². The molecule has 0 atom stereocenters. The van der Waals surface area contributed by atoms with Crippen LogP contribution < -0.4 is 5.32 Å². The summed E-state index contributed by atoms with van der Waals surface area (Å²) in [5.74, 6) is 0. The number of aromatic nitrogens is 2. The highest BCUT2D eigenvalue weighted by atomic mass is 32.1. The first-order valence-corrected chi connectivity index (χ1v) is 6.34. The predicted molar refractivity (Wildman–Crippen MR) is 65.5 cm³/mol. The van der Waals surface area contributed by atoms with Gasteiger partial charge in [-0.3, -0.25) is 0 Å². The van der Waals surface area contributed by atoms with Crippen LogP contribution in [0.1, 0.15) is 25.3 Å². The van der Waals surface area contributed by atoms with E-state index in [9.17, 15) is 0 Å². The summed E-state index contributed by atoms with van der Waals surface area (Å²) in [6.07, 6.45) is 1.15. The molecule has 5 heteroatoms. The van der Waals surface area contributed by atoms with Crippen LogP contribution >= 0.6 is 11.3 Å². The Morgan fingerprint density at radius 2 is 2.00 bits per heavy atom. The molecule has 0 aliphatic rings. The summed E-state index contributed by atoms with van der Waals surface area (Å²) in [5, 5.41) is 13.2. The summed E-state index contributed by atoms with van der Waals surface area (Å²) in [5.41, 5.74) is 0. The summed E-state index contributed by atoms with van der Waals surface area (Å²) >= 11 is 1.61. The molecule has 0 saturated heterocycles. The molecule has 0 aliphatic heterocycles. The lowest BCUT2D eigenvalue weighted by Gasteiger charge is -2.17. The molecule has 0 unspecified atom stereocenters. The highest BCUT2D eigenvalue weighted by Crippen LogP contribution is 2.13. The van der Waals surface area contributed by atoms with Gasteiger partial charge in [0, 0.05) is 6.54 Å². The van der Waals surface area contributed by atoms with E-state index in [2.05, 4.69) is 34.3 Å². The molecule has 0 bridgehead atoms. The van der Waals surface area contributed by atoms with Crippen LogP contribution in [-0.2, 0) is 0 Å². The van der Waals surface area contributed by atoms with E-state index in [-0.39, 0.29) is 0 Å². The van der Waals surface area contributed by atoms with E-state index in [0.717, 1.165) is 42.7 Å². The molecule has 1 rings (SSSR count). The zero-order valence-corrected chi connectivity index (χ0v) is 10.6. The van der Waals surface area contributed by atoms with Gasteiger partial charge in [0.05, 0.1) is 0 Å². The van der Waals surface area contributed by atoms with E-state index in [4.69, 9.17) is 0 Å². The average Bonchev–Trinajstić information content (AvgIpc) is 2.65. The zero-order valence-electron chi connectivity index (χ0n) is 9.79. The van der Waals surface area contributed by atoms with Gasteiger partial charge in [0.25, 0.3) is 0 Å². The zero-order chi connectivity index (χ0) is 11.1. The number of hydrogen-bond acceptors (Lipinski definition) is 5. The lowest BCUT2D eigenvalue weighted by Crippen LogP contribution is -2.25. The average molecular weight is 228 g/mol. The van der Waals surface area contributed by atoms with E-state index >= 15 is 0 Å². The highest BCUT2D eigenvalue weighted by Gasteiger charge is 2.00. The van der Waals surface area contributed by atoms with Crippen molar-refractivity contribution in [2.75, 3.05) is 31.5 Å².